The lowest BCUT2D eigenvalue weighted by Crippen LogP contribution is -1.99. The summed E-state index contributed by atoms with van der Waals surface area (Å²) in [5.41, 5.74) is -0.439. The number of hydrogen-bond acceptors (Lipinski definition) is 5. The fourth-order valence-electron chi connectivity index (χ4n) is 0.757. The predicted octanol–water partition coefficient (Wildman–Crippen LogP) is 0.571. The van der Waals surface area contributed by atoms with Gasteiger partial charge in [0.1, 0.15) is 12.0 Å². The highest BCUT2D eigenvalue weighted by Gasteiger charge is 2.00. The summed E-state index contributed by atoms with van der Waals surface area (Å²) < 4.78 is 4.93. The molecule has 1 aromatic heterocycles. The Kier molecular flexibility index (Phi) is 3.85. The second-order valence-electron chi connectivity index (χ2n) is 2.37. The Balaban J connectivity index is 2.58. The molecule has 0 spiro atoms. The van der Waals surface area contributed by atoms with Gasteiger partial charge < -0.3 is 14.6 Å². The van der Waals surface area contributed by atoms with Gasteiger partial charge in [0.2, 0.25) is 5.43 Å². The number of thioether (sulfide) groups is 1. The third-order valence-corrected chi connectivity index (χ3v) is 2.31. The van der Waals surface area contributed by atoms with Crippen LogP contribution in [-0.2, 0) is 5.75 Å². The first-order chi connectivity index (χ1) is 6.24. The number of aliphatic hydroxyl groups is 1. The molecule has 4 nitrogen and oxygen atoms in total. The number of rotatable bonds is 4. The molecule has 2 N–H and O–H groups in total. The van der Waals surface area contributed by atoms with Gasteiger partial charge in [0.05, 0.1) is 12.4 Å². The largest absolute Gasteiger partial charge is 0.502 e. The van der Waals surface area contributed by atoms with Gasteiger partial charge in [-0.25, -0.2) is 0 Å². The second-order valence-corrected chi connectivity index (χ2v) is 3.48. The van der Waals surface area contributed by atoms with E-state index in [1.165, 1.54) is 17.8 Å². The molecule has 72 valence electrons. The van der Waals surface area contributed by atoms with E-state index < -0.39 is 5.43 Å². The molecule has 0 saturated heterocycles. The summed E-state index contributed by atoms with van der Waals surface area (Å²) >= 11 is 1.46. The Morgan fingerprint density at radius 3 is 2.92 bits per heavy atom. The maximum absolute atomic E-state index is 10.9. The Morgan fingerprint density at radius 2 is 2.31 bits per heavy atom. The van der Waals surface area contributed by atoms with Gasteiger partial charge in [-0.1, -0.05) is 0 Å². The highest BCUT2D eigenvalue weighted by Crippen LogP contribution is 2.11. The molecule has 0 amide bonds. The van der Waals surface area contributed by atoms with Gasteiger partial charge in [0.25, 0.3) is 0 Å². The average molecular weight is 202 g/mol. The predicted molar refractivity (Wildman–Crippen MR) is 49.9 cm³/mol. The Labute approximate surface area is 79.2 Å². The van der Waals surface area contributed by atoms with Crippen LogP contribution in [0.2, 0.25) is 0 Å². The zero-order chi connectivity index (χ0) is 9.68. The van der Waals surface area contributed by atoms with E-state index in [1.807, 2.05) is 0 Å². The summed E-state index contributed by atoms with van der Waals surface area (Å²) in [7, 11) is 0. The van der Waals surface area contributed by atoms with E-state index in [2.05, 4.69) is 0 Å². The summed E-state index contributed by atoms with van der Waals surface area (Å²) in [6.07, 6.45) is 1.02. The van der Waals surface area contributed by atoms with Gasteiger partial charge in [-0.2, -0.15) is 11.8 Å². The molecule has 0 aliphatic heterocycles. The number of aliphatic hydroxyl groups excluding tert-OH is 1. The third-order valence-electron chi connectivity index (χ3n) is 1.35. The standard InChI is InChI=1S/C8H10O4S/c9-1-2-13-5-6-3-7(10)8(11)4-12-6/h3-4,9,11H,1-2,5H2. The minimum absolute atomic E-state index is 0.104. The molecule has 0 aliphatic carbocycles. The zero-order valence-corrected chi connectivity index (χ0v) is 7.71. The summed E-state index contributed by atoms with van der Waals surface area (Å²) in [4.78, 5) is 10.9. The van der Waals surface area contributed by atoms with Crippen molar-refractivity contribution < 1.29 is 14.6 Å². The van der Waals surface area contributed by atoms with Crippen molar-refractivity contribution in [3.05, 3.63) is 28.3 Å². The van der Waals surface area contributed by atoms with E-state index in [9.17, 15) is 4.79 Å². The molecule has 0 atom stereocenters. The molecular weight excluding hydrogens is 192 g/mol. The van der Waals surface area contributed by atoms with Crippen molar-refractivity contribution in [3.63, 3.8) is 0 Å². The van der Waals surface area contributed by atoms with Crippen LogP contribution in [0.1, 0.15) is 5.76 Å². The third kappa shape index (κ3) is 3.12. The minimum atomic E-state index is -0.439. The van der Waals surface area contributed by atoms with Gasteiger partial charge in [-0.15, -0.1) is 0 Å². The van der Waals surface area contributed by atoms with E-state index in [1.54, 1.807) is 0 Å². The molecular formula is C8H10O4S. The fraction of sp³-hybridized carbons (Fsp3) is 0.375. The van der Waals surface area contributed by atoms with Gasteiger partial charge in [-0.3, -0.25) is 4.79 Å². The van der Waals surface area contributed by atoms with Crippen molar-refractivity contribution in [1.29, 1.82) is 0 Å². The highest BCUT2D eigenvalue weighted by atomic mass is 32.2. The Bertz CT molecular complexity index is 320. The van der Waals surface area contributed by atoms with Crippen LogP contribution in [0.3, 0.4) is 0 Å². The molecule has 0 aromatic carbocycles. The van der Waals surface area contributed by atoms with Gasteiger partial charge in [-0.05, 0) is 0 Å². The van der Waals surface area contributed by atoms with Crippen LogP contribution < -0.4 is 5.43 Å². The Morgan fingerprint density at radius 1 is 1.54 bits per heavy atom. The molecule has 1 aromatic rings. The van der Waals surface area contributed by atoms with Gasteiger partial charge in [0.15, 0.2) is 5.75 Å². The van der Waals surface area contributed by atoms with Crippen LogP contribution in [0.15, 0.2) is 21.5 Å². The van der Waals surface area contributed by atoms with E-state index in [0.29, 0.717) is 17.3 Å². The van der Waals surface area contributed by atoms with Crippen molar-refractivity contribution in [2.45, 2.75) is 5.75 Å². The summed E-state index contributed by atoms with van der Waals surface area (Å²) in [5, 5.41) is 17.4. The van der Waals surface area contributed by atoms with Crippen molar-refractivity contribution in [3.8, 4) is 5.75 Å². The lowest BCUT2D eigenvalue weighted by atomic mass is 10.4. The average Bonchev–Trinajstić information content (AvgIpc) is 2.12. The first-order valence-electron chi connectivity index (χ1n) is 3.73. The molecule has 1 rings (SSSR count). The molecule has 13 heavy (non-hydrogen) atoms. The lowest BCUT2D eigenvalue weighted by Gasteiger charge is -1.98. The smallest absolute Gasteiger partial charge is 0.226 e. The van der Waals surface area contributed by atoms with E-state index in [4.69, 9.17) is 14.6 Å². The van der Waals surface area contributed by atoms with Crippen molar-refractivity contribution in [1.82, 2.24) is 0 Å². The topological polar surface area (TPSA) is 70.7 Å². The molecule has 0 aliphatic rings. The van der Waals surface area contributed by atoms with Crippen molar-refractivity contribution >= 4 is 11.8 Å². The molecule has 0 radical (unpaired) electrons. The molecule has 1 heterocycles. The summed E-state index contributed by atoms with van der Waals surface area (Å²) in [5.74, 6) is 1.25. The lowest BCUT2D eigenvalue weighted by molar-refractivity contribution is 0.322. The normalized spacial score (nSPS) is 10.2. The first kappa shape index (κ1) is 10.1. The van der Waals surface area contributed by atoms with E-state index >= 15 is 0 Å². The van der Waals surface area contributed by atoms with Crippen LogP contribution >= 0.6 is 11.8 Å². The maximum Gasteiger partial charge on any atom is 0.226 e. The maximum atomic E-state index is 10.9. The van der Waals surface area contributed by atoms with Crippen LogP contribution in [0, 0.1) is 0 Å². The van der Waals surface area contributed by atoms with Crippen LogP contribution in [0.4, 0.5) is 0 Å². The van der Waals surface area contributed by atoms with Gasteiger partial charge >= 0.3 is 0 Å². The van der Waals surface area contributed by atoms with Crippen LogP contribution in [0.5, 0.6) is 5.75 Å². The van der Waals surface area contributed by atoms with Crippen molar-refractivity contribution in [2.24, 2.45) is 0 Å². The SMILES string of the molecule is O=c1cc(CSCCO)occ1O. The fourth-order valence-corrected chi connectivity index (χ4v) is 1.38. The highest BCUT2D eigenvalue weighted by molar-refractivity contribution is 7.98. The number of hydrogen-bond donors (Lipinski definition) is 2. The van der Waals surface area contributed by atoms with Crippen LogP contribution in [0.25, 0.3) is 0 Å². The quantitative estimate of drug-likeness (QED) is 0.698. The summed E-state index contributed by atoms with van der Waals surface area (Å²) in [6, 6.07) is 1.25. The Hall–Kier alpha value is -0.940. The van der Waals surface area contributed by atoms with Gasteiger partial charge in [0, 0.05) is 11.8 Å². The molecule has 0 fully saturated rings. The second kappa shape index (κ2) is 4.94. The molecule has 0 saturated carbocycles. The molecule has 0 unspecified atom stereocenters. The van der Waals surface area contributed by atoms with Crippen LogP contribution in [-0.4, -0.2) is 22.6 Å². The van der Waals surface area contributed by atoms with E-state index in [0.717, 1.165) is 6.26 Å². The minimum Gasteiger partial charge on any atom is -0.502 e. The zero-order valence-electron chi connectivity index (χ0n) is 6.90. The first-order valence-corrected chi connectivity index (χ1v) is 4.89. The summed E-state index contributed by atoms with van der Waals surface area (Å²) in [6.45, 7) is 0.104. The monoisotopic (exact) mass is 202 g/mol. The van der Waals surface area contributed by atoms with E-state index in [-0.39, 0.29) is 12.4 Å². The van der Waals surface area contributed by atoms with Crippen molar-refractivity contribution in [2.75, 3.05) is 12.4 Å². The molecule has 0 bridgehead atoms. The molecule has 5 heteroatoms. The number of aromatic hydroxyl groups is 1.